The van der Waals surface area contributed by atoms with Crippen LogP contribution in [0.15, 0.2) is 6.07 Å². The molecule has 5 nitrogen and oxygen atoms in total. The Kier molecular flexibility index (Phi) is 3.87. The highest BCUT2D eigenvalue weighted by Gasteiger charge is 2.26. The first-order valence-corrected chi connectivity index (χ1v) is 6.98. The zero-order chi connectivity index (χ0) is 13.3. The lowest BCUT2D eigenvalue weighted by Gasteiger charge is -2.30. The molecule has 0 spiro atoms. The van der Waals surface area contributed by atoms with E-state index in [0.717, 1.165) is 6.54 Å². The Morgan fingerprint density at radius 1 is 1.67 bits per heavy atom. The predicted molar refractivity (Wildman–Crippen MR) is 72.2 cm³/mol. The molecule has 1 saturated carbocycles. The zero-order valence-electron chi connectivity index (χ0n) is 10.6. The third-order valence-electron chi connectivity index (χ3n) is 3.42. The molecular weight excluding hydrogens is 252 g/mol. The molecule has 0 aromatic carbocycles. The van der Waals surface area contributed by atoms with E-state index in [-0.39, 0.29) is 10.6 Å². The minimum absolute atomic E-state index is 0.109. The van der Waals surface area contributed by atoms with Gasteiger partial charge in [0.25, 0.3) is 0 Å². The second kappa shape index (κ2) is 5.24. The van der Waals surface area contributed by atoms with Crippen molar-refractivity contribution in [2.75, 3.05) is 18.5 Å². The molecule has 2 rings (SSSR count). The molecule has 0 saturated heterocycles. The molecule has 0 aliphatic heterocycles. The average Bonchev–Trinajstić information content (AvgIpc) is 2.68. The van der Waals surface area contributed by atoms with Crippen LogP contribution in [0.1, 0.15) is 37.2 Å². The van der Waals surface area contributed by atoms with E-state index in [1.165, 1.54) is 36.7 Å². The van der Waals surface area contributed by atoms with Gasteiger partial charge in [-0.2, -0.15) is 0 Å². The van der Waals surface area contributed by atoms with Gasteiger partial charge in [-0.15, -0.1) is 11.3 Å². The second-order valence-electron chi connectivity index (χ2n) is 4.95. The van der Waals surface area contributed by atoms with E-state index in [2.05, 4.69) is 0 Å². The Morgan fingerprint density at radius 2 is 2.33 bits per heavy atom. The zero-order valence-corrected chi connectivity index (χ0v) is 11.4. The summed E-state index contributed by atoms with van der Waals surface area (Å²) in [5.41, 5.74) is 0.109. The van der Waals surface area contributed by atoms with Gasteiger partial charge >= 0.3 is 5.69 Å². The van der Waals surface area contributed by atoms with E-state index in [4.69, 9.17) is 0 Å². The van der Waals surface area contributed by atoms with Crippen LogP contribution in [0.25, 0.3) is 0 Å². The maximum atomic E-state index is 11.0. The number of aliphatic hydroxyl groups excluding tert-OH is 1. The maximum Gasteiger partial charge on any atom is 0.304 e. The molecule has 0 unspecified atom stereocenters. The number of hydrogen-bond donors (Lipinski definition) is 1. The average molecular weight is 270 g/mol. The Morgan fingerprint density at radius 3 is 2.78 bits per heavy atom. The van der Waals surface area contributed by atoms with Crippen molar-refractivity contribution in [3.63, 3.8) is 0 Å². The van der Waals surface area contributed by atoms with Crippen molar-refractivity contribution in [3.05, 3.63) is 21.1 Å². The van der Waals surface area contributed by atoms with E-state index < -0.39 is 6.10 Å². The summed E-state index contributed by atoms with van der Waals surface area (Å²) >= 11 is 1.31. The largest absolute Gasteiger partial charge is 0.388 e. The summed E-state index contributed by atoms with van der Waals surface area (Å²) in [6.45, 7) is 2.49. The lowest BCUT2D eigenvalue weighted by atomic mass is 9.85. The molecule has 18 heavy (non-hydrogen) atoms. The van der Waals surface area contributed by atoms with Crippen LogP contribution >= 0.6 is 11.3 Å². The highest BCUT2D eigenvalue weighted by molar-refractivity contribution is 7.16. The summed E-state index contributed by atoms with van der Waals surface area (Å²) in [5, 5.41) is 21.2. The Bertz CT molecular complexity index is 441. The number of nitrogens with zero attached hydrogens (tertiary/aromatic N) is 2. The molecule has 1 fully saturated rings. The molecule has 1 heterocycles. The van der Waals surface area contributed by atoms with Gasteiger partial charge in [-0.1, -0.05) is 6.42 Å². The van der Waals surface area contributed by atoms with Crippen molar-refractivity contribution in [1.82, 2.24) is 0 Å². The first kappa shape index (κ1) is 13.3. The number of nitro groups is 1. The van der Waals surface area contributed by atoms with Crippen LogP contribution in [-0.2, 0) is 0 Å². The van der Waals surface area contributed by atoms with Gasteiger partial charge in [0.1, 0.15) is 0 Å². The minimum Gasteiger partial charge on any atom is -0.388 e. The van der Waals surface area contributed by atoms with Crippen LogP contribution in [0.2, 0.25) is 0 Å². The first-order valence-electron chi connectivity index (χ1n) is 6.16. The summed E-state index contributed by atoms with van der Waals surface area (Å²) in [6, 6.07) is 1.49. The van der Waals surface area contributed by atoms with Crippen molar-refractivity contribution >= 4 is 22.0 Å². The molecule has 6 heteroatoms. The van der Waals surface area contributed by atoms with Crippen LogP contribution in [-0.4, -0.2) is 23.6 Å². The Balaban J connectivity index is 2.20. The molecule has 1 aromatic heterocycles. The fraction of sp³-hybridized carbons (Fsp3) is 0.667. The van der Waals surface area contributed by atoms with Crippen LogP contribution in [0.5, 0.6) is 0 Å². The van der Waals surface area contributed by atoms with Gasteiger partial charge in [-0.3, -0.25) is 10.1 Å². The van der Waals surface area contributed by atoms with Crippen molar-refractivity contribution in [2.24, 2.45) is 5.92 Å². The maximum absolute atomic E-state index is 11.0. The summed E-state index contributed by atoms with van der Waals surface area (Å²) in [5.74, 6) is 0.659. The molecule has 1 N–H and O–H groups in total. The van der Waals surface area contributed by atoms with Crippen LogP contribution in [0.4, 0.5) is 10.7 Å². The number of thiophene rings is 1. The molecule has 0 radical (unpaired) electrons. The fourth-order valence-electron chi connectivity index (χ4n) is 2.15. The SMILES string of the molecule is C[C@@H](O)c1cc([N+](=O)[O-])c(N(C)CC2CCC2)s1. The smallest absolute Gasteiger partial charge is 0.304 e. The molecule has 100 valence electrons. The van der Waals surface area contributed by atoms with Gasteiger partial charge in [0, 0.05) is 24.5 Å². The van der Waals surface area contributed by atoms with Gasteiger partial charge in [0.2, 0.25) is 0 Å². The number of aliphatic hydroxyl groups is 1. The summed E-state index contributed by atoms with van der Waals surface area (Å²) in [4.78, 5) is 13.3. The highest BCUT2D eigenvalue weighted by Crippen LogP contribution is 2.40. The van der Waals surface area contributed by atoms with E-state index >= 15 is 0 Å². The van der Waals surface area contributed by atoms with Crippen molar-refractivity contribution in [2.45, 2.75) is 32.3 Å². The third kappa shape index (κ3) is 2.64. The predicted octanol–water partition coefficient (Wildman–Crippen LogP) is 2.95. The number of rotatable bonds is 5. The molecule has 1 aromatic rings. The lowest BCUT2D eigenvalue weighted by molar-refractivity contribution is -0.383. The van der Waals surface area contributed by atoms with Crippen molar-refractivity contribution in [1.29, 1.82) is 0 Å². The van der Waals surface area contributed by atoms with Gasteiger partial charge in [0.05, 0.1) is 11.0 Å². The standard InChI is InChI=1S/C12H18N2O3S/c1-8(15)11-6-10(14(16)17)12(18-11)13(2)7-9-4-3-5-9/h6,8-9,15H,3-5,7H2,1-2H3/t8-/m1/s1. The summed E-state index contributed by atoms with van der Waals surface area (Å²) < 4.78 is 0. The molecule has 1 aliphatic rings. The van der Waals surface area contributed by atoms with Gasteiger partial charge in [0.15, 0.2) is 5.00 Å². The minimum atomic E-state index is -0.653. The van der Waals surface area contributed by atoms with Crippen LogP contribution in [0.3, 0.4) is 0 Å². The van der Waals surface area contributed by atoms with Crippen molar-refractivity contribution < 1.29 is 10.0 Å². The van der Waals surface area contributed by atoms with E-state index in [9.17, 15) is 15.2 Å². The second-order valence-corrected chi connectivity index (χ2v) is 6.01. The van der Waals surface area contributed by atoms with Crippen molar-refractivity contribution in [3.8, 4) is 0 Å². The van der Waals surface area contributed by atoms with Crippen LogP contribution < -0.4 is 4.90 Å². The molecule has 0 amide bonds. The fourth-order valence-corrected chi connectivity index (χ4v) is 3.18. The highest BCUT2D eigenvalue weighted by atomic mass is 32.1. The van der Waals surface area contributed by atoms with E-state index in [1.54, 1.807) is 6.92 Å². The summed E-state index contributed by atoms with van der Waals surface area (Å²) in [6.07, 6.45) is 3.04. The monoisotopic (exact) mass is 270 g/mol. The lowest BCUT2D eigenvalue weighted by Crippen LogP contribution is -2.29. The number of anilines is 1. The molecule has 0 bridgehead atoms. The topological polar surface area (TPSA) is 66.6 Å². The van der Waals surface area contributed by atoms with Gasteiger partial charge < -0.3 is 10.0 Å². The van der Waals surface area contributed by atoms with Gasteiger partial charge in [-0.25, -0.2) is 0 Å². The van der Waals surface area contributed by atoms with Crippen LogP contribution in [0, 0.1) is 16.0 Å². The Labute approximate surface area is 110 Å². The quantitative estimate of drug-likeness (QED) is 0.660. The first-order chi connectivity index (χ1) is 8.49. The van der Waals surface area contributed by atoms with E-state index in [0.29, 0.717) is 15.8 Å². The van der Waals surface area contributed by atoms with E-state index in [1.807, 2.05) is 11.9 Å². The third-order valence-corrected chi connectivity index (χ3v) is 4.83. The molecule has 1 aliphatic carbocycles. The number of hydrogen-bond acceptors (Lipinski definition) is 5. The molecule has 1 atom stereocenters. The normalized spacial score (nSPS) is 17.3. The Hall–Kier alpha value is -1.14. The van der Waals surface area contributed by atoms with Gasteiger partial charge in [-0.05, 0) is 25.7 Å². The molecular formula is C12H18N2O3S. The summed E-state index contributed by atoms with van der Waals surface area (Å²) in [7, 11) is 1.89.